The molecule has 2 heterocycles. The SMILES string of the molecule is CC(C)(C)N(Cc1cccc(F)c1)C(=O)CN1CCN(C(=O)C(=O)N2CCCC2)CC1. The summed E-state index contributed by atoms with van der Waals surface area (Å²) in [5.41, 5.74) is 0.336. The number of hydrogen-bond donors (Lipinski definition) is 0. The number of carbonyl (C=O) groups is 3. The van der Waals surface area contributed by atoms with Crippen molar-refractivity contribution in [3.8, 4) is 0 Å². The van der Waals surface area contributed by atoms with Gasteiger partial charge in [0.15, 0.2) is 0 Å². The van der Waals surface area contributed by atoms with Crippen molar-refractivity contribution in [2.45, 2.75) is 45.7 Å². The van der Waals surface area contributed by atoms with E-state index in [9.17, 15) is 18.8 Å². The molecule has 1 aromatic rings. The number of likely N-dealkylation sites (tertiary alicyclic amines) is 1. The molecule has 0 spiro atoms. The summed E-state index contributed by atoms with van der Waals surface area (Å²) in [6.45, 7) is 9.74. The van der Waals surface area contributed by atoms with Crippen molar-refractivity contribution < 1.29 is 18.8 Å². The average Bonchev–Trinajstić information content (AvgIpc) is 3.25. The molecule has 1 aromatic carbocycles. The second-order valence-electron chi connectivity index (χ2n) is 9.35. The highest BCUT2D eigenvalue weighted by atomic mass is 19.1. The summed E-state index contributed by atoms with van der Waals surface area (Å²) in [5.74, 6) is -1.20. The van der Waals surface area contributed by atoms with E-state index in [1.165, 1.54) is 12.1 Å². The lowest BCUT2D eigenvalue weighted by atomic mass is 10.0. The van der Waals surface area contributed by atoms with E-state index in [1.807, 2.05) is 31.7 Å². The number of piperazine rings is 1. The zero-order valence-electron chi connectivity index (χ0n) is 18.8. The second kappa shape index (κ2) is 9.77. The molecule has 0 N–H and O–H groups in total. The molecule has 2 saturated heterocycles. The Balaban J connectivity index is 1.54. The van der Waals surface area contributed by atoms with Crippen LogP contribution in [-0.4, -0.2) is 88.7 Å². The molecule has 170 valence electrons. The van der Waals surface area contributed by atoms with Crippen molar-refractivity contribution in [3.05, 3.63) is 35.6 Å². The zero-order chi connectivity index (χ0) is 22.6. The molecule has 7 nitrogen and oxygen atoms in total. The number of amides is 3. The molecule has 0 radical (unpaired) electrons. The van der Waals surface area contributed by atoms with E-state index < -0.39 is 17.4 Å². The van der Waals surface area contributed by atoms with Gasteiger partial charge in [0, 0.05) is 51.4 Å². The van der Waals surface area contributed by atoms with Crippen LogP contribution in [0.4, 0.5) is 4.39 Å². The van der Waals surface area contributed by atoms with E-state index in [1.54, 1.807) is 20.8 Å². The largest absolute Gasteiger partial charge is 0.334 e. The van der Waals surface area contributed by atoms with Crippen molar-refractivity contribution in [1.29, 1.82) is 0 Å². The summed E-state index contributed by atoms with van der Waals surface area (Å²) >= 11 is 0. The zero-order valence-corrected chi connectivity index (χ0v) is 18.8. The van der Waals surface area contributed by atoms with E-state index in [0.29, 0.717) is 45.8 Å². The smallest absolute Gasteiger partial charge is 0.312 e. The third-order valence-electron chi connectivity index (χ3n) is 5.94. The maximum atomic E-state index is 13.6. The Kier molecular flexibility index (Phi) is 7.30. The Morgan fingerprint density at radius 1 is 0.935 bits per heavy atom. The van der Waals surface area contributed by atoms with Crippen molar-refractivity contribution in [3.63, 3.8) is 0 Å². The van der Waals surface area contributed by atoms with Crippen LogP contribution in [0.3, 0.4) is 0 Å². The first-order chi connectivity index (χ1) is 14.6. The van der Waals surface area contributed by atoms with Gasteiger partial charge >= 0.3 is 11.8 Å². The fraction of sp³-hybridized carbons (Fsp3) is 0.609. The van der Waals surface area contributed by atoms with Crippen LogP contribution in [0.15, 0.2) is 24.3 Å². The third-order valence-corrected chi connectivity index (χ3v) is 5.94. The fourth-order valence-corrected chi connectivity index (χ4v) is 4.09. The summed E-state index contributed by atoms with van der Waals surface area (Å²) in [5, 5.41) is 0. The molecule has 8 heteroatoms. The third kappa shape index (κ3) is 6.03. The Labute approximate surface area is 183 Å². The van der Waals surface area contributed by atoms with E-state index in [-0.39, 0.29) is 18.3 Å². The van der Waals surface area contributed by atoms with Gasteiger partial charge < -0.3 is 14.7 Å². The first-order valence-corrected chi connectivity index (χ1v) is 11.0. The molecule has 2 aliphatic rings. The van der Waals surface area contributed by atoms with E-state index in [0.717, 1.165) is 18.4 Å². The van der Waals surface area contributed by atoms with E-state index in [2.05, 4.69) is 0 Å². The number of halogens is 1. The van der Waals surface area contributed by atoms with Crippen molar-refractivity contribution >= 4 is 17.7 Å². The highest BCUT2D eigenvalue weighted by Gasteiger charge is 2.32. The van der Waals surface area contributed by atoms with Crippen LogP contribution in [0, 0.1) is 5.82 Å². The molecular weight excluding hydrogens is 399 g/mol. The van der Waals surface area contributed by atoms with Gasteiger partial charge in [-0.05, 0) is 51.3 Å². The quantitative estimate of drug-likeness (QED) is 0.680. The lowest BCUT2D eigenvalue weighted by Crippen LogP contribution is -2.55. The molecule has 3 amide bonds. The first kappa shape index (κ1) is 23.2. The van der Waals surface area contributed by atoms with Crippen LogP contribution in [0.5, 0.6) is 0 Å². The number of rotatable bonds is 4. The summed E-state index contributed by atoms with van der Waals surface area (Å²) in [6.07, 6.45) is 1.91. The minimum Gasteiger partial charge on any atom is -0.334 e. The van der Waals surface area contributed by atoms with E-state index in [4.69, 9.17) is 0 Å². The molecule has 3 rings (SSSR count). The predicted molar refractivity (Wildman–Crippen MR) is 116 cm³/mol. The molecule has 0 atom stereocenters. The van der Waals surface area contributed by atoms with Gasteiger partial charge in [-0.25, -0.2) is 4.39 Å². The molecule has 2 fully saturated rings. The van der Waals surface area contributed by atoms with Crippen LogP contribution in [0.2, 0.25) is 0 Å². The monoisotopic (exact) mass is 432 g/mol. The van der Waals surface area contributed by atoms with Crippen LogP contribution in [0.1, 0.15) is 39.2 Å². The lowest BCUT2D eigenvalue weighted by molar-refractivity contribution is -0.152. The van der Waals surface area contributed by atoms with Gasteiger partial charge in [-0.2, -0.15) is 0 Å². The maximum Gasteiger partial charge on any atom is 0.312 e. The highest BCUT2D eigenvalue weighted by Crippen LogP contribution is 2.19. The van der Waals surface area contributed by atoms with Crippen LogP contribution >= 0.6 is 0 Å². The van der Waals surface area contributed by atoms with Crippen LogP contribution < -0.4 is 0 Å². The van der Waals surface area contributed by atoms with Gasteiger partial charge in [-0.15, -0.1) is 0 Å². The van der Waals surface area contributed by atoms with Crippen molar-refractivity contribution in [1.82, 2.24) is 19.6 Å². The van der Waals surface area contributed by atoms with Gasteiger partial charge in [0.1, 0.15) is 5.82 Å². The van der Waals surface area contributed by atoms with E-state index >= 15 is 0 Å². The van der Waals surface area contributed by atoms with Gasteiger partial charge in [0.05, 0.1) is 6.54 Å². The summed E-state index contributed by atoms with van der Waals surface area (Å²) in [4.78, 5) is 44.9. The Hall–Kier alpha value is -2.48. The van der Waals surface area contributed by atoms with Gasteiger partial charge in [-0.1, -0.05) is 12.1 Å². The van der Waals surface area contributed by atoms with Gasteiger partial charge in [0.2, 0.25) is 5.91 Å². The number of hydrogen-bond acceptors (Lipinski definition) is 4. The first-order valence-electron chi connectivity index (χ1n) is 11.0. The Morgan fingerprint density at radius 3 is 2.06 bits per heavy atom. The van der Waals surface area contributed by atoms with Crippen molar-refractivity contribution in [2.75, 3.05) is 45.8 Å². The predicted octanol–water partition coefficient (Wildman–Crippen LogP) is 1.72. The average molecular weight is 433 g/mol. The molecule has 2 aliphatic heterocycles. The Bertz CT molecular complexity index is 809. The molecule has 31 heavy (non-hydrogen) atoms. The molecule has 0 saturated carbocycles. The molecular formula is C23H33FN4O3. The van der Waals surface area contributed by atoms with Gasteiger partial charge in [0.25, 0.3) is 0 Å². The lowest BCUT2D eigenvalue weighted by Gasteiger charge is -2.39. The second-order valence-corrected chi connectivity index (χ2v) is 9.35. The standard InChI is InChI=1S/C23H33FN4O3/c1-23(2,3)28(16-18-7-6-8-19(24)15-18)20(29)17-25-11-13-27(14-12-25)22(31)21(30)26-9-4-5-10-26/h6-8,15H,4-5,9-14,16-17H2,1-3H3. The number of carbonyl (C=O) groups excluding carboxylic acids is 3. The summed E-state index contributed by atoms with van der Waals surface area (Å²) in [6, 6.07) is 6.31. The summed E-state index contributed by atoms with van der Waals surface area (Å²) in [7, 11) is 0. The van der Waals surface area contributed by atoms with Crippen LogP contribution in [-0.2, 0) is 20.9 Å². The molecule has 0 unspecified atom stereocenters. The topological polar surface area (TPSA) is 64.2 Å². The fourth-order valence-electron chi connectivity index (χ4n) is 4.09. The summed E-state index contributed by atoms with van der Waals surface area (Å²) < 4.78 is 13.6. The minimum atomic E-state index is -0.435. The maximum absolute atomic E-state index is 13.6. The number of nitrogens with zero attached hydrogens (tertiary/aromatic N) is 4. The molecule has 0 aromatic heterocycles. The molecule has 0 bridgehead atoms. The Morgan fingerprint density at radius 2 is 1.52 bits per heavy atom. The molecule has 0 aliphatic carbocycles. The minimum absolute atomic E-state index is 0.0373. The van der Waals surface area contributed by atoms with Gasteiger partial charge in [-0.3, -0.25) is 19.3 Å². The van der Waals surface area contributed by atoms with Crippen molar-refractivity contribution in [2.24, 2.45) is 0 Å². The highest BCUT2D eigenvalue weighted by molar-refractivity contribution is 6.35. The normalized spacial score (nSPS) is 17.7. The van der Waals surface area contributed by atoms with Crippen LogP contribution in [0.25, 0.3) is 0 Å². The number of benzene rings is 1.